The van der Waals surface area contributed by atoms with E-state index in [1.807, 2.05) is 43.9 Å². The van der Waals surface area contributed by atoms with Crippen molar-refractivity contribution in [3.05, 3.63) is 64.9 Å². The highest BCUT2D eigenvalue weighted by molar-refractivity contribution is 7.92. The first kappa shape index (κ1) is 35.3. The molecule has 0 bridgehead atoms. The summed E-state index contributed by atoms with van der Waals surface area (Å²) in [5, 5.41) is 3.90. The number of nitrogens with one attached hydrogen (secondary N) is 1. The zero-order valence-electron chi connectivity index (χ0n) is 29.4. The van der Waals surface area contributed by atoms with E-state index in [1.165, 1.54) is 0 Å². The van der Waals surface area contributed by atoms with Gasteiger partial charge in [0.05, 0.1) is 11.4 Å². The van der Waals surface area contributed by atoms with Crippen LogP contribution in [0, 0.1) is 19.3 Å². The Bertz CT molecular complexity index is 1820. The van der Waals surface area contributed by atoms with Gasteiger partial charge in [-0.05, 0) is 61.3 Å². The van der Waals surface area contributed by atoms with Crippen molar-refractivity contribution in [3.8, 4) is 11.1 Å². The fourth-order valence-electron chi connectivity index (χ4n) is 6.57. The van der Waals surface area contributed by atoms with E-state index in [9.17, 15) is 18.0 Å². The number of rotatable bonds is 12. The third-order valence-electron chi connectivity index (χ3n) is 9.36. The van der Waals surface area contributed by atoms with Gasteiger partial charge in [0.15, 0.2) is 5.82 Å². The van der Waals surface area contributed by atoms with E-state index in [0.29, 0.717) is 35.4 Å². The number of carbonyl (C=O) groups is 2. The second-order valence-electron chi connectivity index (χ2n) is 14.6. The van der Waals surface area contributed by atoms with Crippen molar-refractivity contribution in [3.63, 3.8) is 0 Å². The van der Waals surface area contributed by atoms with Crippen molar-refractivity contribution in [1.82, 2.24) is 15.0 Å². The summed E-state index contributed by atoms with van der Waals surface area (Å²) in [6, 6.07) is 12.7. The second kappa shape index (κ2) is 13.9. The third kappa shape index (κ3) is 7.51. The van der Waals surface area contributed by atoms with E-state index in [-0.39, 0.29) is 34.5 Å². The maximum absolute atomic E-state index is 13.9. The second-order valence-corrected chi connectivity index (χ2v) is 16.2. The van der Waals surface area contributed by atoms with E-state index in [0.717, 1.165) is 61.9 Å². The first-order chi connectivity index (χ1) is 22.6. The maximum atomic E-state index is 13.9. The van der Waals surface area contributed by atoms with Crippen molar-refractivity contribution in [1.29, 1.82) is 0 Å². The Kier molecular flexibility index (Phi) is 10.2. The van der Waals surface area contributed by atoms with Crippen molar-refractivity contribution < 1.29 is 22.5 Å². The van der Waals surface area contributed by atoms with Crippen LogP contribution in [0.1, 0.15) is 102 Å². The minimum absolute atomic E-state index is 0.00909. The van der Waals surface area contributed by atoms with E-state index < -0.39 is 15.6 Å². The van der Waals surface area contributed by atoms with E-state index in [1.54, 1.807) is 50.1 Å². The molecule has 1 aromatic heterocycles. The van der Waals surface area contributed by atoms with Crippen LogP contribution in [0.4, 0.5) is 5.82 Å². The number of hydrogen-bond donors (Lipinski definition) is 1. The van der Waals surface area contributed by atoms with Crippen molar-refractivity contribution in [2.75, 3.05) is 11.8 Å². The number of unbranched alkanes of at least 4 members (excludes halogenated alkanes) is 1. The average Bonchev–Trinajstić information content (AvgIpc) is 3.70. The average molecular weight is 676 g/mol. The quantitative estimate of drug-likeness (QED) is 0.213. The third-order valence-corrected chi connectivity index (χ3v) is 10.8. The number of benzene rings is 2. The molecule has 1 spiro atoms. The predicted molar refractivity (Wildman–Crippen MR) is 188 cm³/mol. The molecule has 10 nitrogen and oxygen atoms in total. The Hall–Kier alpha value is -3.99. The summed E-state index contributed by atoms with van der Waals surface area (Å²) in [5.74, 6) is 1.59. The first-order valence-electron chi connectivity index (χ1n) is 17.0. The lowest BCUT2D eigenvalue weighted by Gasteiger charge is -2.26. The number of amidine groups is 1. The van der Waals surface area contributed by atoms with Gasteiger partial charge in [0.25, 0.3) is 15.9 Å². The number of sulfonamides is 1. The van der Waals surface area contributed by atoms with Crippen LogP contribution in [0.15, 0.2) is 56.9 Å². The van der Waals surface area contributed by atoms with Crippen LogP contribution < -0.4 is 4.72 Å². The van der Waals surface area contributed by atoms with Gasteiger partial charge < -0.3 is 9.42 Å². The number of aryl methyl sites for hydroxylation is 1. The lowest BCUT2D eigenvalue weighted by atomic mass is 9.91. The Labute approximate surface area is 285 Å². The van der Waals surface area contributed by atoms with E-state index >= 15 is 0 Å². The summed E-state index contributed by atoms with van der Waals surface area (Å²) in [6.45, 7) is 12.3. The molecule has 2 amide bonds. The molecule has 0 atom stereocenters. The largest absolute Gasteiger partial charge is 0.359 e. The van der Waals surface area contributed by atoms with Gasteiger partial charge in [-0.2, -0.15) is 0 Å². The SMILES string of the molecule is CCCCC1=NC2(CCCC2)C(=O)N1Cc1ccc(-c2ccccc2S(=O)(=O)Nc2noc(C)c2C)c(CN(C)C(=O)CC(C)(C)C)c1. The molecule has 1 saturated carbocycles. The summed E-state index contributed by atoms with van der Waals surface area (Å²) in [6.07, 6.45) is 6.67. The van der Waals surface area contributed by atoms with Crippen molar-refractivity contribution in [2.45, 2.75) is 116 Å². The standard InChI is InChI=1S/C37H49N5O5S/c1-8-9-16-32-38-37(19-12-13-20-37)35(44)42(32)23-27-17-18-29(28(21-27)24-41(7)33(43)22-36(4,5)6)30-14-10-11-15-31(30)48(45,46)40-34-25(2)26(3)47-39-34/h10-11,14-15,17-18,21H,8-9,12-13,16,19-20,22-24H2,1-7H3,(H,39,40). The number of anilines is 1. The van der Waals surface area contributed by atoms with Crippen LogP contribution in [0.2, 0.25) is 0 Å². The highest BCUT2D eigenvalue weighted by atomic mass is 32.2. The van der Waals surface area contributed by atoms with E-state index in [4.69, 9.17) is 9.52 Å². The van der Waals surface area contributed by atoms with Gasteiger partial charge in [-0.1, -0.05) is 88.5 Å². The monoisotopic (exact) mass is 675 g/mol. The molecule has 11 heteroatoms. The minimum atomic E-state index is -4.07. The Morgan fingerprint density at radius 2 is 1.79 bits per heavy atom. The molecule has 1 aliphatic heterocycles. The van der Waals surface area contributed by atoms with Crippen molar-refractivity contribution >= 4 is 33.5 Å². The van der Waals surface area contributed by atoms with Crippen LogP contribution >= 0.6 is 0 Å². The predicted octanol–water partition coefficient (Wildman–Crippen LogP) is 7.40. The summed E-state index contributed by atoms with van der Waals surface area (Å²) in [4.78, 5) is 35.9. The molecule has 1 aliphatic carbocycles. The lowest BCUT2D eigenvalue weighted by Crippen LogP contribution is -2.40. The summed E-state index contributed by atoms with van der Waals surface area (Å²) >= 11 is 0. The highest BCUT2D eigenvalue weighted by Crippen LogP contribution is 2.40. The molecular formula is C37H49N5O5S. The molecule has 0 unspecified atom stereocenters. The molecular weight excluding hydrogens is 627 g/mol. The van der Waals surface area contributed by atoms with Gasteiger partial charge in [-0.3, -0.25) is 24.2 Å². The highest BCUT2D eigenvalue weighted by Gasteiger charge is 2.49. The molecule has 2 aliphatic rings. The van der Waals surface area contributed by atoms with Crippen LogP contribution in [0.25, 0.3) is 11.1 Å². The van der Waals surface area contributed by atoms with Crippen LogP contribution in [-0.2, 0) is 32.7 Å². The van der Waals surface area contributed by atoms with Crippen LogP contribution in [0.5, 0.6) is 0 Å². The maximum Gasteiger partial charge on any atom is 0.263 e. The first-order valence-corrected chi connectivity index (χ1v) is 18.4. The fraction of sp³-hybridized carbons (Fsp3) is 0.514. The van der Waals surface area contributed by atoms with Crippen LogP contribution in [0.3, 0.4) is 0 Å². The lowest BCUT2D eigenvalue weighted by molar-refractivity contribution is -0.132. The van der Waals surface area contributed by atoms with Crippen LogP contribution in [-0.4, -0.2) is 53.6 Å². The van der Waals surface area contributed by atoms with E-state index in [2.05, 4.69) is 16.8 Å². The molecule has 0 radical (unpaired) electrons. The Balaban J connectivity index is 1.54. The van der Waals surface area contributed by atoms with Gasteiger partial charge in [-0.15, -0.1) is 0 Å². The van der Waals surface area contributed by atoms with Gasteiger partial charge in [0.1, 0.15) is 17.1 Å². The van der Waals surface area contributed by atoms with Gasteiger partial charge in [0, 0.05) is 37.6 Å². The Morgan fingerprint density at radius 3 is 2.44 bits per heavy atom. The van der Waals surface area contributed by atoms with Crippen molar-refractivity contribution in [2.24, 2.45) is 10.4 Å². The van der Waals surface area contributed by atoms with Gasteiger partial charge >= 0.3 is 0 Å². The molecule has 258 valence electrons. The molecule has 5 rings (SSSR count). The summed E-state index contributed by atoms with van der Waals surface area (Å²) in [5.41, 5.74) is 2.63. The summed E-state index contributed by atoms with van der Waals surface area (Å²) in [7, 11) is -2.30. The number of hydrogen-bond acceptors (Lipinski definition) is 7. The smallest absolute Gasteiger partial charge is 0.263 e. The fourth-order valence-corrected chi connectivity index (χ4v) is 7.85. The molecule has 0 saturated heterocycles. The zero-order chi connectivity index (χ0) is 34.9. The van der Waals surface area contributed by atoms with Gasteiger partial charge in [-0.25, -0.2) is 8.42 Å². The zero-order valence-corrected chi connectivity index (χ0v) is 30.2. The number of amides is 2. The normalized spacial score (nSPS) is 16.1. The van der Waals surface area contributed by atoms with Gasteiger partial charge in [0.2, 0.25) is 5.91 Å². The summed E-state index contributed by atoms with van der Waals surface area (Å²) < 4.78 is 35.4. The minimum Gasteiger partial charge on any atom is -0.359 e. The number of aromatic nitrogens is 1. The number of aliphatic imine (C=N–C) groups is 1. The topological polar surface area (TPSA) is 125 Å². The number of nitrogens with zero attached hydrogens (tertiary/aromatic N) is 4. The molecule has 1 N–H and O–H groups in total. The Morgan fingerprint density at radius 1 is 1.08 bits per heavy atom. The molecule has 1 fully saturated rings. The number of carbonyl (C=O) groups excluding carboxylic acids is 2. The molecule has 2 heterocycles. The molecule has 48 heavy (non-hydrogen) atoms. The molecule has 2 aromatic carbocycles. The molecule has 3 aromatic rings.